The fourth-order valence-electron chi connectivity index (χ4n) is 5.26. The summed E-state index contributed by atoms with van der Waals surface area (Å²) in [6.07, 6.45) is 4.32. The van der Waals surface area contributed by atoms with E-state index in [1.165, 1.54) is 12.0 Å². The van der Waals surface area contributed by atoms with Crippen LogP contribution in [0.15, 0.2) is 12.2 Å². The number of fused-ring (bicyclic) bond motifs is 1. The molecule has 4 fully saturated rings. The molecule has 24 heavy (non-hydrogen) atoms. The average molecular weight is 334 g/mol. The molecule has 5 nitrogen and oxygen atoms in total. The van der Waals surface area contributed by atoms with Crippen LogP contribution < -0.4 is 0 Å². The summed E-state index contributed by atoms with van der Waals surface area (Å²) in [4.78, 5) is 16.9. The van der Waals surface area contributed by atoms with Gasteiger partial charge in [0.15, 0.2) is 0 Å². The zero-order valence-corrected chi connectivity index (χ0v) is 15.1. The fourth-order valence-corrected chi connectivity index (χ4v) is 5.26. The third-order valence-corrected chi connectivity index (χ3v) is 6.86. The molecule has 4 saturated heterocycles. The average Bonchev–Trinajstić information content (AvgIpc) is 3.16. The maximum Gasteiger partial charge on any atom is 0.409 e. The molecule has 0 aromatic rings. The molecule has 1 amide bonds. The number of carbonyl (C=O) groups excluding carboxylic acids is 1. The highest BCUT2D eigenvalue weighted by atomic mass is 16.6. The highest BCUT2D eigenvalue weighted by Gasteiger charge is 2.52. The van der Waals surface area contributed by atoms with E-state index in [0.29, 0.717) is 18.6 Å². The summed E-state index contributed by atoms with van der Waals surface area (Å²) in [5, 5.41) is 0. The first-order valence-electron chi connectivity index (χ1n) is 9.37. The van der Waals surface area contributed by atoms with Crippen molar-refractivity contribution in [1.29, 1.82) is 0 Å². The minimum absolute atomic E-state index is 0.140. The number of likely N-dealkylation sites (tertiary alicyclic amines) is 1. The first kappa shape index (κ1) is 16.4. The van der Waals surface area contributed by atoms with Crippen LogP contribution in [0.25, 0.3) is 0 Å². The fraction of sp³-hybridized carbons (Fsp3) is 0.842. The van der Waals surface area contributed by atoms with Gasteiger partial charge < -0.3 is 14.4 Å². The molecule has 0 aliphatic carbocycles. The van der Waals surface area contributed by atoms with Crippen molar-refractivity contribution < 1.29 is 14.3 Å². The number of hydrogen-bond acceptors (Lipinski definition) is 4. The molecule has 0 saturated carbocycles. The van der Waals surface area contributed by atoms with E-state index in [9.17, 15) is 4.79 Å². The second-order valence-electron chi connectivity index (χ2n) is 8.75. The van der Waals surface area contributed by atoms with Gasteiger partial charge in [0.2, 0.25) is 0 Å². The van der Waals surface area contributed by atoms with Crippen LogP contribution in [-0.2, 0) is 9.47 Å². The van der Waals surface area contributed by atoms with Gasteiger partial charge in [-0.15, -0.1) is 0 Å². The maximum atomic E-state index is 12.4. The molecule has 2 atom stereocenters. The van der Waals surface area contributed by atoms with Crippen molar-refractivity contribution in [3.05, 3.63) is 12.2 Å². The van der Waals surface area contributed by atoms with Crippen LogP contribution in [0.5, 0.6) is 0 Å². The molecule has 5 heteroatoms. The number of hydrogen-bond donors (Lipinski definition) is 0. The lowest BCUT2D eigenvalue weighted by Gasteiger charge is -2.38. The highest BCUT2D eigenvalue weighted by molar-refractivity contribution is 5.68. The Morgan fingerprint density at radius 1 is 1.42 bits per heavy atom. The second kappa shape index (κ2) is 5.73. The van der Waals surface area contributed by atoms with Crippen LogP contribution in [0.4, 0.5) is 4.79 Å². The number of rotatable bonds is 3. The molecule has 0 aromatic carbocycles. The molecule has 2 unspecified atom stereocenters. The molecule has 0 radical (unpaired) electrons. The van der Waals surface area contributed by atoms with Gasteiger partial charge in [0.25, 0.3) is 0 Å². The molecule has 0 bridgehead atoms. The summed E-state index contributed by atoms with van der Waals surface area (Å²) in [5.74, 6) is 0.606. The lowest BCUT2D eigenvalue weighted by Crippen LogP contribution is -2.48. The van der Waals surface area contributed by atoms with Crippen molar-refractivity contribution in [3.63, 3.8) is 0 Å². The number of nitrogens with zero attached hydrogens (tertiary/aromatic N) is 2. The predicted octanol–water partition coefficient (Wildman–Crippen LogP) is 2.66. The van der Waals surface area contributed by atoms with Gasteiger partial charge in [0.05, 0.1) is 13.2 Å². The lowest BCUT2D eigenvalue weighted by atomic mass is 9.82. The second-order valence-corrected chi connectivity index (χ2v) is 8.75. The van der Waals surface area contributed by atoms with Gasteiger partial charge in [-0.3, -0.25) is 4.90 Å². The number of ether oxygens (including phenoxy) is 2. The summed E-state index contributed by atoms with van der Waals surface area (Å²) < 4.78 is 11.0. The summed E-state index contributed by atoms with van der Waals surface area (Å²) >= 11 is 0. The van der Waals surface area contributed by atoms with E-state index < -0.39 is 0 Å². The Kier molecular flexibility index (Phi) is 3.92. The largest absolute Gasteiger partial charge is 0.448 e. The van der Waals surface area contributed by atoms with Crippen molar-refractivity contribution in [3.8, 4) is 0 Å². The van der Waals surface area contributed by atoms with Crippen LogP contribution >= 0.6 is 0 Å². The van der Waals surface area contributed by atoms with E-state index in [1.807, 2.05) is 4.90 Å². The van der Waals surface area contributed by atoms with E-state index in [2.05, 4.69) is 25.3 Å². The van der Waals surface area contributed by atoms with Crippen molar-refractivity contribution in [2.45, 2.75) is 51.1 Å². The van der Waals surface area contributed by atoms with Crippen LogP contribution in [0.2, 0.25) is 0 Å². The SMILES string of the molecule is C=C1CN2C(COC(=O)N3CCC4(COC4)C3)CCC2(C(C)C)C1. The van der Waals surface area contributed by atoms with Crippen molar-refractivity contribution in [2.75, 3.05) is 39.5 Å². The summed E-state index contributed by atoms with van der Waals surface area (Å²) in [7, 11) is 0. The summed E-state index contributed by atoms with van der Waals surface area (Å²) in [5.41, 5.74) is 1.80. The zero-order chi connectivity index (χ0) is 16.9. The van der Waals surface area contributed by atoms with Gasteiger partial charge in [-0.1, -0.05) is 26.0 Å². The first-order chi connectivity index (χ1) is 11.4. The quantitative estimate of drug-likeness (QED) is 0.744. The van der Waals surface area contributed by atoms with Crippen LogP contribution in [0, 0.1) is 11.3 Å². The van der Waals surface area contributed by atoms with Crippen molar-refractivity contribution in [2.24, 2.45) is 11.3 Å². The smallest absolute Gasteiger partial charge is 0.409 e. The van der Waals surface area contributed by atoms with Gasteiger partial charge >= 0.3 is 6.09 Å². The van der Waals surface area contributed by atoms with Gasteiger partial charge in [-0.25, -0.2) is 4.79 Å². The number of carbonyl (C=O) groups is 1. The normalized spacial score (nSPS) is 34.9. The molecule has 1 spiro atoms. The van der Waals surface area contributed by atoms with Crippen LogP contribution in [-0.4, -0.2) is 66.9 Å². The molecule has 4 aliphatic heterocycles. The molecule has 0 aromatic heterocycles. The Hall–Kier alpha value is -1.07. The first-order valence-corrected chi connectivity index (χ1v) is 9.37. The predicted molar refractivity (Wildman–Crippen MR) is 91.8 cm³/mol. The summed E-state index contributed by atoms with van der Waals surface area (Å²) in [6.45, 7) is 13.5. The van der Waals surface area contributed by atoms with E-state index in [0.717, 1.165) is 52.1 Å². The van der Waals surface area contributed by atoms with Crippen LogP contribution in [0.1, 0.15) is 39.5 Å². The van der Waals surface area contributed by atoms with Gasteiger partial charge in [0.1, 0.15) is 6.61 Å². The number of amides is 1. The molecular formula is C19H30N2O3. The van der Waals surface area contributed by atoms with Crippen molar-refractivity contribution >= 4 is 6.09 Å². The molecule has 4 heterocycles. The van der Waals surface area contributed by atoms with E-state index in [-0.39, 0.29) is 17.0 Å². The third kappa shape index (κ3) is 2.48. The minimum atomic E-state index is -0.140. The standard InChI is InChI=1S/C19H30N2O3/c1-14(2)19-5-4-16(21(19)9-15(3)8-19)10-24-17(22)20-7-6-18(11-20)12-23-13-18/h14,16H,3-13H2,1-2H3. The topological polar surface area (TPSA) is 42.0 Å². The Morgan fingerprint density at radius 2 is 2.21 bits per heavy atom. The van der Waals surface area contributed by atoms with Crippen LogP contribution in [0.3, 0.4) is 0 Å². The Labute approximate surface area is 145 Å². The minimum Gasteiger partial charge on any atom is -0.448 e. The van der Waals surface area contributed by atoms with Gasteiger partial charge in [0, 0.05) is 36.6 Å². The van der Waals surface area contributed by atoms with Gasteiger partial charge in [-0.2, -0.15) is 0 Å². The molecule has 4 rings (SSSR count). The van der Waals surface area contributed by atoms with Gasteiger partial charge in [-0.05, 0) is 31.6 Å². The molecule has 134 valence electrons. The molecule has 4 aliphatic rings. The maximum absolute atomic E-state index is 12.4. The third-order valence-electron chi connectivity index (χ3n) is 6.86. The highest BCUT2D eigenvalue weighted by Crippen LogP contribution is 2.48. The van der Waals surface area contributed by atoms with Crippen molar-refractivity contribution in [1.82, 2.24) is 9.80 Å². The Morgan fingerprint density at radius 3 is 2.83 bits per heavy atom. The molecule has 0 N–H and O–H groups in total. The Balaban J connectivity index is 1.33. The monoisotopic (exact) mass is 334 g/mol. The van der Waals surface area contributed by atoms with E-state index in [1.54, 1.807) is 0 Å². The summed E-state index contributed by atoms with van der Waals surface area (Å²) in [6, 6.07) is 0.346. The molecular weight excluding hydrogens is 304 g/mol. The van der Waals surface area contributed by atoms with E-state index in [4.69, 9.17) is 9.47 Å². The lowest BCUT2D eigenvalue weighted by molar-refractivity contribution is -0.104. The zero-order valence-electron chi connectivity index (χ0n) is 15.1. The Bertz CT molecular complexity index is 543. The van der Waals surface area contributed by atoms with E-state index >= 15 is 0 Å².